The second kappa shape index (κ2) is 2.85. The van der Waals surface area contributed by atoms with Gasteiger partial charge in [0.2, 0.25) is 0 Å². The fourth-order valence-corrected chi connectivity index (χ4v) is 2.15. The van der Waals surface area contributed by atoms with E-state index in [0.717, 1.165) is 3.92 Å². The lowest BCUT2D eigenvalue weighted by Crippen LogP contribution is -2.05. The summed E-state index contributed by atoms with van der Waals surface area (Å²) in [5, 5.41) is 0. The van der Waals surface area contributed by atoms with Crippen molar-refractivity contribution in [2.75, 3.05) is 0 Å². The Morgan fingerprint density at radius 1 is 1.62 bits per heavy atom. The maximum absolute atomic E-state index is 3.96. The molecule has 0 heterocycles. The van der Waals surface area contributed by atoms with E-state index in [2.05, 4.69) is 29.2 Å². The van der Waals surface area contributed by atoms with E-state index >= 15 is 0 Å². The Hall–Kier alpha value is 0.470. The Morgan fingerprint density at radius 3 is 2.75 bits per heavy atom. The van der Waals surface area contributed by atoms with Crippen molar-refractivity contribution in [2.24, 2.45) is 0 Å². The highest BCUT2D eigenvalue weighted by Crippen LogP contribution is 2.26. The fraction of sp³-hybridized carbons (Fsp3) is 0.714. The molecular weight excluding hydrogens is 211 g/mol. The molecule has 1 unspecified atom stereocenters. The molecule has 0 spiro atoms. The van der Waals surface area contributed by atoms with Gasteiger partial charge in [-0.25, -0.2) is 0 Å². The van der Waals surface area contributed by atoms with Crippen LogP contribution in [0.2, 0.25) is 0 Å². The monoisotopic (exact) mass is 222 g/mol. The van der Waals surface area contributed by atoms with Gasteiger partial charge in [-0.05, 0) is 25.7 Å². The van der Waals surface area contributed by atoms with Gasteiger partial charge in [0.15, 0.2) is 0 Å². The van der Waals surface area contributed by atoms with E-state index in [9.17, 15) is 0 Å². The molecule has 46 valence electrons. The highest BCUT2D eigenvalue weighted by atomic mass is 127. The Morgan fingerprint density at radius 2 is 2.38 bits per heavy atom. The van der Waals surface area contributed by atoms with E-state index in [-0.39, 0.29) is 0 Å². The minimum atomic E-state index is 0.883. The first-order valence-electron chi connectivity index (χ1n) is 3.10. The van der Waals surface area contributed by atoms with Gasteiger partial charge in [-0.1, -0.05) is 34.7 Å². The van der Waals surface area contributed by atoms with Crippen LogP contribution < -0.4 is 0 Å². The van der Waals surface area contributed by atoms with Gasteiger partial charge < -0.3 is 0 Å². The smallest absolute Gasteiger partial charge is 0.0147 e. The van der Waals surface area contributed by atoms with Crippen molar-refractivity contribution in [2.45, 2.75) is 29.6 Å². The van der Waals surface area contributed by atoms with Gasteiger partial charge in [0.05, 0.1) is 0 Å². The first-order valence-corrected chi connectivity index (χ1v) is 4.34. The molecule has 0 aliphatic heterocycles. The van der Waals surface area contributed by atoms with Gasteiger partial charge in [0.1, 0.15) is 0 Å². The zero-order valence-corrected chi connectivity index (χ0v) is 7.15. The molecule has 1 atom stereocenters. The zero-order valence-electron chi connectivity index (χ0n) is 4.99. The van der Waals surface area contributed by atoms with E-state index in [4.69, 9.17) is 0 Å². The Balaban J connectivity index is 2.34. The van der Waals surface area contributed by atoms with Gasteiger partial charge >= 0.3 is 0 Å². The van der Waals surface area contributed by atoms with Crippen LogP contribution in [0.25, 0.3) is 0 Å². The van der Waals surface area contributed by atoms with E-state index < -0.39 is 0 Å². The molecule has 1 aliphatic rings. The summed E-state index contributed by atoms with van der Waals surface area (Å²) >= 11 is 2.51. The summed E-state index contributed by atoms with van der Waals surface area (Å²) < 4.78 is 0.883. The first-order chi connectivity index (χ1) is 3.79. The third-order valence-corrected chi connectivity index (χ3v) is 2.62. The molecule has 0 amide bonds. The highest BCUT2D eigenvalue weighted by Gasteiger charge is 2.11. The van der Waals surface area contributed by atoms with Crippen LogP contribution in [-0.2, 0) is 0 Å². The van der Waals surface area contributed by atoms with Crippen molar-refractivity contribution in [3.8, 4) is 0 Å². The second-order valence-corrected chi connectivity index (χ2v) is 4.21. The number of allylic oxidation sites excluding steroid dienone is 1. The van der Waals surface area contributed by atoms with Crippen LogP contribution in [0.3, 0.4) is 0 Å². The van der Waals surface area contributed by atoms with E-state index in [0.29, 0.717) is 0 Å². The van der Waals surface area contributed by atoms with Gasteiger partial charge in [-0.3, -0.25) is 0 Å². The first kappa shape index (κ1) is 6.59. The summed E-state index contributed by atoms with van der Waals surface area (Å²) in [7, 11) is 0. The summed E-state index contributed by atoms with van der Waals surface area (Å²) in [6, 6.07) is 0. The molecule has 1 aliphatic carbocycles. The average Bonchev–Trinajstić information content (AvgIpc) is 1.64. The van der Waals surface area contributed by atoms with Crippen LogP contribution in [-0.4, -0.2) is 3.92 Å². The molecule has 1 heteroatoms. The molecule has 0 aromatic rings. The predicted octanol–water partition coefficient (Wildman–Crippen LogP) is 2.92. The van der Waals surface area contributed by atoms with Crippen molar-refractivity contribution >= 4 is 22.6 Å². The van der Waals surface area contributed by atoms with Gasteiger partial charge in [0.25, 0.3) is 0 Å². The van der Waals surface area contributed by atoms with Gasteiger partial charge in [-0.2, -0.15) is 0 Å². The molecule has 0 N–H and O–H groups in total. The van der Waals surface area contributed by atoms with Crippen LogP contribution in [0.5, 0.6) is 0 Å². The van der Waals surface area contributed by atoms with Crippen molar-refractivity contribution in [3.05, 3.63) is 12.2 Å². The lowest BCUT2D eigenvalue weighted by molar-refractivity contribution is 0.630. The summed E-state index contributed by atoms with van der Waals surface area (Å²) in [6.45, 7) is 3.96. The molecule has 8 heavy (non-hydrogen) atoms. The number of halogens is 1. The molecule has 0 aromatic heterocycles. The average molecular weight is 222 g/mol. The van der Waals surface area contributed by atoms with Crippen molar-refractivity contribution in [1.29, 1.82) is 0 Å². The maximum Gasteiger partial charge on any atom is 0.0147 e. The molecule has 0 bridgehead atoms. The number of hydrogen-bond acceptors (Lipinski definition) is 0. The minimum absolute atomic E-state index is 0.883. The Labute approximate surface area is 64.5 Å². The van der Waals surface area contributed by atoms with Gasteiger partial charge in [0, 0.05) is 3.92 Å². The maximum atomic E-state index is 3.96. The molecule has 0 aromatic carbocycles. The van der Waals surface area contributed by atoms with Crippen LogP contribution in [0.15, 0.2) is 12.2 Å². The van der Waals surface area contributed by atoms with Crippen LogP contribution in [0.1, 0.15) is 25.7 Å². The molecular formula is C7H11I. The SMILES string of the molecule is C=C1CCCC(I)C1. The Kier molecular flexibility index (Phi) is 2.35. The molecule has 1 fully saturated rings. The number of alkyl halides is 1. The fourth-order valence-electron chi connectivity index (χ4n) is 1.09. The topological polar surface area (TPSA) is 0 Å². The van der Waals surface area contributed by atoms with Crippen molar-refractivity contribution < 1.29 is 0 Å². The van der Waals surface area contributed by atoms with Crippen LogP contribution in [0, 0.1) is 0 Å². The van der Waals surface area contributed by atoms with E-state index in [1.807, 2.05) is 0 Å². The summed E-state index contributed by atoms with van der Waals surface area (Å²) in [5.41, 5.74) is 1.45. The summed E-state index contributed by atoms with van der Waals surface area (Å²) in [5.74, 6) is 0. The molecule has 1 rings (SSSR count). The van der Waals surface area contributed by atoms with E-state index in [1.54, 1.807) is 0 Å². The summed E-state index contributed by atoms with van der Waals surface area (Å²) in [4.78, 5) is 0. The molecule has 1 saturated carbocycles. The minimum Gasteiger partial charge on any atom is -0.0998 e. The van der Waals surface area contributed by atoms with Crippen molar-refractivity contribution in [1.82, 2.24) is 0 Å². The van der Waals surface area contributed by atoms with Gasteiger partial charge in [-0.15, -0.1) is 0 Å². The standard InChI is InChI=1S/C7H11I/c1-6-3-2-4-7(8)5-6/h7H,1-5H2. The largest absolute Gasteiger partial charge is 0.0998 e. The van der Waals surface area contributed by atoms with Crippen molar-refractivity contribution in [3.63, 3.8) is 0 Å². The van der Waals surface area contributed by atoms with E-state index in [1.165, 1.54) is 31.3 Å². The lowest BCUT2D eigenvalue weighted by Gasteiger charge is -2.17. The third-order valence-electron chi connectivity index (χ3n) is 1.56. The number of hydrogen-bond donors (Lipinski definition) is 0. The molecule has 0 saturated heterocycles. The third kappa shape index (κ3) is 1.77. The second-order valence-electron chi connectivity index (χ2n) is 2.44. The highest BCUT2D eigenvalue weighted by molar-refractivity contribution is 14.1. The van der Waals surface area contributed by atoms with Crippen LogP contribution in [0.4, 0.5) is 0 Å². The predicted molar refractivity (Wildman–Crippen MR) is 45.4 cm³/mol. The normalized spacial score (nSPS) is 30.6. The zero-order chi connectivity index (χ0) is 5.98. The molecule has 0 nitrogen and oxygen atoms in total. The molecule has 0 radical (unpaired) electrons. The van der Waals surface area contributed by atoms with Crippen LogP contribution >= 0.6 is 22.6 Å². The quantitative estimate of drug-likeness (QED) is 0.336. The Bertz CT molecular complexity index is 96.6. The summed E-state index contributed by atoms with van der Waals surface area (Å²) in [6.07, 6.45) is 5.31. The lowest BCUT2D eigenvalue weighted by atomic mass is 9.96. The number of rotatable bonds is 0.